The molecule has 2 heterocycles. The van der Waals surface area contributed by atoms with E-state index in [1.807, 2.05) is 6.07 Å². The predicted molar refractivity (Wildman–Crippen MR) is 95.2 cm³/mol. The molecule has 1 atom stereocenters. The van der Waals surface area contributed by atoms with Crippen molar-refractivity contribution in [2.75, 3.05) is 14.2 Å². The Labute approximate surface area is 149 Å². The summed E-state index contributed by atoms with van der Waals surface area (Å²) in [6.45, 7) is 0. The summed E-state index contributed by atoms with van der Waals surface area (Å²) >= 11 is 0. The first-order chi connectivity index (χ1) is 12.4. The summed E-state index contributed by atoms with van der Waals surface area (Å²) in [7, 11) is 5.89. The van der Waals surface area contributed by atoms with Gasteiger partial charge in [0.05, 0.1) is 26.0 Å². The lowest BCUT2D eigenvalue weighted by molar-refractivity contribution is 0.392. The lowest BCUT2D eigenvalue weighted by Gasteiger charge is -2.16. The van der Waals surface area contributed by atoms with Crippen molar-refractivity contribution < 1.29 is 14.6 Å². The third kappa shape index (κ3) is 2.71. The van der Waals surface area contributed by atoms with E-state index in [9.17, 15) is 14.7 Å². The molecule has 9 heteroatoms. The molecule has 1 unspecified atom stereocenters. The Bertz CT molecular complexity index is 1010. The van der Waals surface area contributed by atoms with E-state index in [-0.39, 0.29) is 11.6 Å². The van der Waals surface area contributed by atoms with Crippen molar-refractivity contribution >= 4 is 5.71 Å². The fraction of sp³-hybridized carbons (Fsp3) is 0.353. The highest BCUT2D eigenvalue weighted by Crippen LogP contribution is 2.34. The number of benzene rings is 1. The number of methoxy groups -OCH3 is 2. The molecular weight excluding hydrogens is 340 g/mol. The molecule has 1 aromatic carbocycles. The molecule has 0 spiro atoms. The van der Waals surface area contributed by atoms with Crippen LogP contribution in [-0.4, -0.2) is 34.2 Å². The largest absolute Gasteiger partial charge is 0.497 e. The Balaban J connectivity index is 2.01. The molecule has 0 aliphatic carbocycles. The maximum atomic E-state index is 12.5. The molecule has 0 fully saturated rings. The highest BCUT2D eigenvalue weighted by atomic mass is 16.5. The Hall–Kier alpha value is -3.23. The smallest absolute Gasteiger partial charge is 0.333 e. The summed E-state index contributed by atoms with van der Waals surface area (Å²) in [5.74, 6) is 0.908. The van der Waals surface area contributed by atoms with Gasteiger partial charge < -0.3 is 20.0 Å². The van der Waals surface area contributed by atoms with Crippen molar-refractivity contribution in [2.24, 2.45) is 19.2 Å². The van der Waals surface area contributed by atoms with E-state index >= 15 is 0 Å². The van der Waals surface area contributed by atoms with Gasteiger partial charge in [0, 0.05) is 26.1 Å². The van der Waals surface area contributed by atoms with Crippen LogP contribution in [-0.2, 0) is 14.1 Å². The second kappa shape index (κ2) is 6.58. The minimum absolute atomic E-state index is 0.00598. The van der Waals surface area contributed by atoms with Crippen LogP contribution in [0, 0.1) is 0 Å². The lowest BCUT2D eigenvalue weighted by Crippen LogP contribution is -2.39. The van der Waals surface area contributed by atoms with Gasteiger partial charge in [-0.15, -0.1) is 0 Å². The summed E-state index contributed by atoms with van der Waals surface area (Å²) in [5, 5.41) is 14.5. The molecule has 1 aliphatic heterocycles. The van der Waals surface area contributed by atoms with Gasteiger partial charge in [-0.1, -0.05) is 0 Å². The fourth-order valence-corrected chi connectivity index (χ4v) is 2.98. The van der Waals surface area contributed by atoms with E-state index in [4.69, 9.17) is 9.47 Å². The quantitative estimate of drug-likeness (QED) is 0.809. The SMILES string of the molecule is COc1ccc(OC)c(C2CC(c3c(O)n(C)c(=O)n(C)c3=O)=NN2)c1. The van der Waals surface area contributed by atoms with E-state index in [0.717, 1.165) is 14.7 Å². The van der Waals surface area contributed by atoms with Crippen LogP contribution in [0.4, 0.5) is 0 Å². The Kier molecular flexibility index (Phi) is 4.45. The number of aromatic nitrogens is 2. The zero-order valence-corrected chi connectivity index (χ0v) is 14.9. The molecule has 1 aromatic heterocycles. The van der Waals surface area contributed by atoms with Crippen LogP contribution in [0.2, 0.25) is 0 Å². The van der Waals surface area contributed by atoms with Crippen LogP contribution in [0.1, 0.15) is 23.6 Å². The van der Waals surface area contributed by atoms with Crippen LogP contribution < -0.4 is 26.1 Å². The molecule has 0 bridgehead atoms. The van der Waals surface area contributed by atoms with Crippen LogP contribution in [0.5, 0.6) is 17.4 Å². The molecule has 2 aromatic rings. The van der Waals surface area contributed by atoms with Gasteiger partial charge in [-0.3, -0.25) is 13.9 Å². The van der Waals surface area contributed by atoms with Gasteiger partial charge in [0.15, 0.2) is 0 Å². The first-order valence-corrected chi connectivity index (χ1v) is 7.92. The highest BCUT2D eigenvalue weighted by Gasteiger charge is 2.29. The van der Waals surface area contributed by atoms with Gasteiger partial charge in [0.25, 0.3) is 5.56 Å². The second-order valence-electron chi connectivity index (χ2n) is 5.96. The topological polar surface area (TPSA) is 107 Å². The number of rotatable bonds is 4. The van der Waals surface area contributed by atoms with Crippen molar-refractivity contribution in [1.29, 1.82) is 0 Å². The molecule has 3 rings (SSSR count). The number of aromatic hydroxyl groups is 1. The van der Waals surface area contributed by atoms with Gasteiger partial charge in [0.2, 0.25) is 5.88 Å². The van der Waals surface area contributed by atoms with Crippen molar-refractivity contribution in [3.8, 4) is 17.4 Å². The second-order valence-corrected chi connectivity index (χ2v) is 5.96. The zero-order valence-electron chi connectivity index (χ0n) is 14.9. The fourth-order valence-electron chi connectivity index (χ4n) is 2.98. The van der Waals surface area contributed by atoms with Crippen molar-refractivity contribution in [3.63, 3.8) is 0 Å². The number of hydrazone groups is 1. The highest BCUT2D eigenvalue weighted by molar-refractivity contribution is 6.03. The van der Waals surface area contributed by atoms with Crippen molar-refractivity contribution in [2.45, 2.75) is 12.5 Å². The molecule has 0 saturated heterocycles. The van der Waals surface area contributed by atoms with E-state index in [1.54, 1.807) is 26.4 Å². The molecule has 138 valence electrons. The van der Waals surface area contributed by atoms with E-state index < -0.39 is 17.1 Å². The number of hydrogen-bond acceptors (Lipinski definition) is 7. The minimum atomic E-state index is -0.603. The minimum Gasteiger partial charge on any atom is -0.497 e. The molecule has 9 nitrogen and oxygen atoms in total. The average Bonchev–Trinajstić information content (AvgIpc) is 3.13. The Morgan fingerprint density at radius 3 is 2.58 bits per heavy atom. The van der Waals surface area contributed by atoms with Crippen LogP contribution in [0.3, 0.4) is 0 Å². The van der Waals surface area contributed by atoms with Crippen LogP contribution in [0.15, 0.2) is 32.9 Å². The summed E-state index contributed by atoms with van der Waals surface area (Å²) in [6.07, 6.45) is 0.338. The first-order valence-electron chi connectivity index (χ1n) is 7.92. The lowest BCUT2D eigenvalue weighted by atomic mass is 9.99. The zero-order chi connectivity index (χ0) is 19.0. The predicted octanol–water partition coefficient (Wildman–Crippen LogP) is 0.245. The maximum Gasteiger partial charge on any atom is 0.333 e. The summed E-state index contributed by atoms with van der Waals surface area (Å²) in [6, 6.07) is 5.13. The normalized spacial score (nSPS) is 16.2. The number of nitrogens with zero attached hydrogens (tertiary/aromatic N) is 3. The standard InChI is InChI=1S/C17H20N4O5/c1-20-15(22)14(16(23)21(2)17(20)24)12-8-11(18-19-12)10-7-9(25-3)5-6-13(10)26-4/h5-7,11,18,22H,8H2,1-4H3. The van der Waals surface area contributed by atoms with Gasteiger partial charge in [-0.2, -0.15) is 5.10 Å². The third-order valence-corrected chi connectivity index (χ3v) is 4.49. The van der Waals surface area contributed by atoms with Crippen molar-refractivity contribution in [3.05, 3.63) is 50.2 Å². The molecule has 0 saturated carbocycles. The van der Waals surface area contributed by atoms with E-state index in [1.165, 1.54) is 14.1 Å². The Morgan fingerprint density at radius 1 is 1.19 bits per heavy atom. The van der Waals surface area contributed by atoms with Gasteiger partial charge in [0.1, 0.15) is 17.1 Å². The van der Waals surface area contributed by atoms with Crippen LogP contribution >= 0.6 is 0 Å². The molecular formula is C17H20N4O5. The first kappa shape index (κ1) is 17.6. The molecule has 2 N–H and O–H groups in total. The number of ether oxygens (including phenoxy) is 2. The van der Waals surface area contributed by atoms with E-state index in [0.29, 0.717) is 23.6 Å². The van der Waals surface area contributed by atoms with E-state index in [2.05, 4.69) is 10.5 Å². The Morgan fingerprint density at radius 2 is 1.92 bits per heavy atom. The van der Waals surface area contributed by atoms with Crippen LogP contribution in [0.25, 0.3) is 0 Å². The van der Waals surface area contributed by atoms with Crippen molar-refractivity contribution in [1.82, 2.24) is 14.6 Å². The van der Waals surface area contributed by atoms with Gasteiger partial charge >= 0.3 is 5.69 Å². The average molecular weight is 360 g/mol. The third-order valence-electron chi connectivity index (χ3n) is 4.49. The summed E-state index contributed by atoms with van der Waals surface area (Å²) in [5.41, 5.74) is 2.95. The molecule has 0 radical (unpaired) electrons. The molecule has 0 amide bonds. The summed E-state index contributed by atoms with van der Waals surface area (Å²) < 4.78 is 12.6. The molecule has 26 heavy (non-hydrogen) atoms. The van der Waals surface area contributed by atoms with Gasteiger partial charge in [-0.25, -0.2) is 4.79 Å². The number of hydrogen-bond donors (Lipinski definition) is 2. The number of nitrogens with one attached hydrogen (secondary N) is 1. The maximum absolute atomic E-state index is 12.5. The van der Waals surface area contributed by atoms with Gasteiger partial charge in [-0.05, 0) is 18.2 Å². The summed E-state index contributed by atoms with van der Waals surface area (Å²) in [4.78, 5) is 24.3. The monoisotopic (exact) mass is 360 g/mol. The molecule has 1 aliphatic rings.